The lowest BCUT2D eigenvalue weighted by atomic mass is 10.1. The van der Waals surface area contributed by atoms with Crippen molar-refractivity contribution in [2.75, 3.05) is 30.1 Å². The molecule has 0 spiro atoms. The van der Waals surface area contributed by atoms with Crippen molar-refractivity contribution in [1.82, 2.24) is 39.0 Å². The van der Waals surface area contributed by atoms with Gasteiger partial charge in [0.15, 0.2) is 41.3 Å². The van der Waals surface area contributed by atoms with Crippen LogP contribution in [0, 0.1) is 0 Å². The molecule has 6 heterocycles. The molecule has 0 bridgehead atoms. The van der Waals surface area contributed by atoms with Crippen LogP contribution in [0.5, 0.6) is 0 Å². The van der Waals surface area contributed by atoms with E-state index in [-0.39, 0.29) is 34.0 Å². The van der Waals surface area contributed by atoms with Gasteiger partial charge in [0.25, 0.3) is 0 Å². The van der Waals surface area contributed by atoms with E-state index < -0.39 is 98.4 Å². The molecular formula is C21H30N10O17P4. The highest BCUT2D eigenvalue weighted by atomic mass is 31.3. The minimum atomic E-state index is -5.68. The SMILES string of the molecule is Nc1ncnc2c1ncn2[C@@H]1O[C@H](COP(=O)(O)OP(=O)(O)CP(=O)(O)OP(=O)(O)C[C@H]2O[C@@H](n3cnc4c(N)ncnc43)[C@@H](O)C2O)C(O)C1O. The summed E-state index contributed by atoms with van der Waals surface area (Å²) in [6.45, 7) is -1.04. The number of anilines is 2. The number of nitrogens with two attached hydrogens (primary N) is 2. The number of hydrogen-bond donors (Lipinski definition) is 10. The number of phosphoric acid groups is 1. The molecule has 52 heavy (non-hydrogen) atoms. The van der Waals surface area contributed by atoms with Crippen LogP contribution in [0.4, 0.5) is 11.6 Å². The Morgan fingerprint density at radius 1 is 0.654 bits per heavy atom. The number of nitrogens with zero attached hydrogens (tertiary/aromatic N) is 8. The first kappa shape index (κ1) is 38.8. The zero-order chi connectivity index (χ0) is 38.0. The van der Waals surface area contributed by atoms with E-state index in [0.29, 0.717) is 0 Å². The summed E-state index contributed by atoms with van der Waals surface area (Å²) < 4.78 is 77.1. The van der Waals surface area contributed by atoms with Crippen molar-refractivity contribution >= 4 is 64.6 Å². The highest BCUT2D eigenvalue weighted by Gasteiger charge is 2.50. The lowest BCUT2D eigenvalue weighted by Gasteiger charge is -2.23. The van der Waals surface area contributed by atoms with Crippen molar-refractivity contribution in [2.45, 2.75) is 49.1 Å². The Morgan fingerprint density at radius 3 is 1.63 bits per heavy atom. The van der Waals surface area contributed by atoms with E-state index in [1.165, 1.54) is 10.9 Å². The van der Waals surface area contributed by atoms with E-state index in [9.17, 15) is 58.3 Å². The molecule has 7 unspecified atom stereocenters. The van der Waals surface area contributed by atoms with Crippen LogP contribution in [0.15, 0.2) is 25.3 Å². The molecule has 2 aliphatic heterocycles. The number of aliphatic hydroxyl groups excluding tert-OH is 4. The number of imidazole rings is 2. The predicted octanol–water partition coefficient (Wildman–Crippen LogP) is -2.27. The number of aliphatic hydroxyl groups is 4. The Hall–Kier alpha value is -2.90. The van der Waals surface area contributed by atoms with E-state index in [1.807, 2.05) is 0 Å². The zero-order valence-corrected chi connectivity index (χ0v) is 29.4. The maximum Gasteiger partial charge on any atom is 0.479 e. The molecule has 0 radical (unpaired) electrons. The molecule has 27 nitrogen and oxygen atoms in total. The largest absolute Gasteiger partial charge is 0.479 e. The maximum absolute atomic E-state index is 12.8. The Balaban J connectivity index is 1.04. The molecular weight excluding hydrogens is 788 g/mol. The van der Waals surface area contributed by atoms with Gasteiger partial charge in [-0.05, 0) is 0 Å². The number of phosphoric ester groups is 1. The second kappa shape index (κ2) is 14.1. The van der Waals surface area contributed by atoms with E-state index >= 15 is 0 Å². The van der Waals surface area contributed by atoms with Crippen LogP contribution in [0.3, 0.4) is 0 Å². The van der Waals surface area contributed by atoms with Gasteiger partial charge in [-0.3, -0.25) is 27.4 Å². The first-order chi connectivity index (χ1) is 24.2. The number of fused-ring (bicyclic) bond motifs is 2. The molecule has 0 aromatic carbocycles. The average molecular weight is 818 g/mol. The number of rotatable bonds is 13. The topological polar surface area (TPSA) is 416 Å². The second-order valence-corrected chi connectivity index (χ2v) is 19.2. The second-order valence-electron chi connectivity index (χ2n) is 11.4. The third-order valence-electron chi connectivity index (χ3n) is 7.65. The Morgan fingerprint density at radius 2 is 1.12 bits per heavy atom. The van der Waals surface area contributed by atoms with Crippen LogP contribution in [0.25, 0.3) is 22.3 Å². The zero-order valence-electron chi connectivity index (χ0n) is 25.8. The Labute approximate surface area is 289 Å². The number of hydrogen-bond acceptors (Lipinski definition) is 21. The summed E-state index contributed by atoms with van der Waals surface area (Å²) in [5, 5.41) is 42.0. The highest BCUT2D eigenvalue weighted by Crippen LogP contribution is 2.70. The van der Waals surface area contributed by atoms with Gasteiger partial charge in [-0.1, -0.05) is 0 Å². The van der Waals surface area contributed by atoms with Crippen molar-refractivity contribution in [2.24, 2.45) is 0 Å². The van der Waals surface area contributed by atoms with Gasteiger partial charge in [0.1, 0.15) is 60.3 Å². The van der Waals surface area contributed by atoms with E-state index in [0.717, 1.165) is 23.5 Å². The molecule has 286 valence electrons. The summed E-state index contributed by atoms with van der Waals surface area (Å²) in [5.41, 5.74) is 11.9. The molecule has 4 aromatic heterocycles. The Kier molecular flexibility index (Phi) is 10.5. The van der Waals surface area contributed by atoms with Gasteiger partial charge in [-0.2, -0.15) is 0 Å². The maximum atomic E-state index is 12.8. The summed E-state index contributed by atoms with van der Waals surface area (Å²) in [4.78, 5) is 64.2. The van der Waals surface area contributed by atoms with Crippen LogP contribution in [0.2, 0.25) is 0 Å². The summed E-state index contributed by atoms with van der Waals surface area (Å²) in [6, 6.07) is 0. The van der Waals surface area contributed by atoms with Gasteiger partial charge in [0.05, 0.1) is 25.4 Å². The summed E-state index contributed by atoms with van der Waals surface area (Å²) in [5.74, 6) is -2.03. The fourth-order valence-corrected chi connectivity index (χ4v) is 13.0. The summed E-state index contributed by atoms with van der Waals surface area (Å²) in [6.07, 6.45) is -9.93. The molecule has 0 aliphatic carbocycles. The van der Waals surface area contributed by atoms with E-state index in [4.69, 9.17) is 20.9 Å². The monoisotopic (exact) mass is 818 g/mol. The van der Waals surface area contributed by atoms with Gasteiger partial charge in [-0.25, -0.2) is 43.1 Å². The van der Waals surface area contributed by atoms with Crippen molar-refractivity contribution in [1.29, 1.82) is 0 Å². The van der Waals surface area contributed by atoms with E-state index in [1.54, 1.807) is 0 Å². The van der Waals surface area contributed by atoms with Crippen LogP contribution < -0.4 is 11.5 Å². The molecule has 31 heteroatoms. The number of aromatic nitrogens is 8. The van der Waals surface area contributed by atoms with Crippen LogP contribution >= 0.6 is 30.6 Å². The fourth-order valence-electron chi connectivity index (χ4n) is 5.41. The first-order valence-electron chi connectivity index (χ1n) is 14.4. The first-order valence-corrected chi connectivity index (χ1v) is 21.2. The number of nitrogen functional groups attached to an aromatic ring is 2. The van der Waals surface area contributed by atoms with Gasteiger partial charge >= 0.3 is 30.6 Å². The van der Waals surface area contributed by atoms with Crippen LogP contribution in [-0.4, -0.2) is 134 Å². The quantitative estimate of drug-likeness (QED) is 0.0636. The molecule has 2 aliphatic rings. The summed E-state index contributed by atoms with van der Waals surface area (Å²) >= 11 is 0. The standard InChI is InChI=1S/C21H30N10O17P4/c22-16-10-18(26-3-24-16)30(5-28-10)20-14(34)12(32)8(45-20)1-44-52(42,43)48-51(40,41)7-50(38,39)47-49(36,37)2-9-13(33)15(35)21(46-9)31-6-29-11-17(23)25-4-27-19(11)31/h3-6,8-9,12-15,20-21,32-35H,1-2,7H2,(H,36,37)(H,38,39)(H,40,41)(H,42,43)(H2,22,24,26)(H2,23,25,27)/t8-,9-,12?,13?,14?,15+,20-,21-/m1/s1. The molecule has 2 saturated heterocycles. The highest BCUT2D eigenvalue weighted by molar-refractivity contribution is 7.77. The normalized spacial score (nSPS) is 31.3. The lowest BCUT2D eigenvalue weighted by molar-refractivity contribution is -0.0501. The minimum absolute atomic E-state index is 0.000974. The predicted molar refractivity (Wildman–Crippen MR) is 168 cm³/mol. The fraction of sp³-hybridized carbons (Fsp3) is 0.524. The van der Waals surface area contributed by atoms with E-state index in [2.05, 4.69) is 43.0 Å². The molecule has 4 aromatic rings. The third-order valence-corrected chi connectivity index (χ3v) is 15.7. The molecule has 6 rings (SSSR count). The molecule has 2 fully saturated rings. The average Bonchev–Trinajstić information content (AvgIpc) is 3.77. The minimum Gasteiger partial charge on any atom is -0.387 e. The summed E-state index contributed by atoms with van der Waals surface area (Å²) in [7, 11) is -22.3. The van der Waals surface area contributed by atoms with Gasteiger partial charge in [0, 0.05) is 0 Å². The van der Waals surface area contributed by atoms with Crippen LogP contribution in [0.1, 0.15) is 12.5 Å². The van der Waals surface area contributed by atoms with Crippen LogP contribution in [-0.2, 0) is 40.9 Å². The smallest absolute Gasteiger partial charge is 0.387 e. The Bertz CT molecular complexity index is 2170. The molecule has 12 atom stereocenters. The molecule has 12 N–H and O–H groups in total. The van der Waals surface area contributed by atoms with Crippen molar-refractivity contribution in [3.8, 4) is 0 Å². The van der Waals surface area contributed by atoms with Gasteiger partial charge in [-0.15, -0.1) is 0 Å². The van der Waals surface area contributed by atoms with Crippen molar-refractivity contribution in [3.63, 3.8) is 0 Å². The number of ether oxygens (including phenoxy) is 2. The van der Waals surface area contributed by atoms with Crippen molar-refractivity contribution < 1.29 is 80.9 Å². The van der Waals surface area contributed by atoms with Crippen molar-refractivity contribution in [3.05, 3.63) is 25.3 Å². The van der Waals surface area contributed by atoms with Gasteiger partial charge < -0.3 is 60.9 Å². The lowest BCUT2D eigenvalue weighted by Crippen LogP contribution is -2.33. The third kappa shape index (κ3) is 7.97. The molecule has 0 amide bonds. The molecule has 0 saturated carbocycles. The van der Waals surface area contributed by atoms with Gasteiger partial charge in [0.2, 0.25) is 0 Å².